The first-order valence-electron chi connectivity index (χ1n) is 17.2. The van der Waals surface area contributed by atoms with E-state index in [0.717, 1.165) is 44.7 Å². The van der Waals surface area contributed by atoms with Crippen molar-refractivity contribution < 1.29 is 9.47 Å². The third-order valence-electron chi connectivity index (χ3n) is 10.2. The molecule has 0 fully saturated rings. The molecule has 0 unspecified atom stereocenters. The van der Waals surface area contributed by atoms with E-state index in [-0.39, 0.29) is 5.41 Å². The van der Waals surface area contributed by atoms with E-state index in [1.54, 1.807) is 0 Å². The van der Waals surface area contributed by atoms with Crippen LogP contribution in [0, 0.1) is 0 Å². The van der Waals surface area contributed by atoms with Gasteiger partial charge < -0.3 is 9.47 Å². The molecule has 2 aliphatic rings. The molecule has 8 aromatic rings. The van der Waals surface area contributed by atoms with Crippen LogP contribution in [-0.4, -0.2) is 15.0 Å². The monoisotopic (exact) mass is 657 g/mol. The fraction of sp³-hybridized carbons (Fsp3) is 0.0652. The van der Waals surface area contributed by atoms with Crippen LogP contribution in [0.5, 0.6) is 23.0 Å². The van der Waals surface area contributed by atoms with Crippen LogP contribution in [0.15, 0.2) is 152 Å². The lowest BCUT2D eigenvalue weighted by molar-refractivity contribution is 0.359. The smallest absolute Gasteiger partial charge is 0.170 e. The lowest BCUT2D eigenvalue weighted by atomic mass is 9.82. The van der Waals surface area contributed by atoms with Crippen molar-refractivity contribution in [3.63, 3.8) is 0 Å². The van der Waals surface area contributed by atoms with Gasteiger partial charge in [-0.1, -0.05) is 129 Å². The minimum Gasteiger partial charge on any atom is -0.450 e. The fourth-order valence-electron chi connectivity index (χ4n) is 7.47. The van der Waals surface area contributed by atoms with Gasteiger partial charge in [0, 0.05) is 22.1 Å². The molecule has 1 aliphatic heterocycles. The van der Waals surface area contributed by atoms with Gasteiger partial charge in [-0.05, 0) is 80.6 Å². The second kappa shape index (κ2) is 11.2. The first-order chi connectivity index (χ1) is 25.0. The number of benzene rings is 7. The molecule has 7 aromatic carbocycles. The molecule has 5 heteroatoms. The van der Waals surface area contributed by atoms with Crippen molar-refractivity contribution in [1.82, 2.24) is 15.0 Å². The maximum atomic E-state index is 6.56. The normalized spacial score (nSPS) is 13.4. The number of hydrogen-bond acceptors (Lipinski definition) is 5. The molecule has 0 N–H and O–H groups in total. The summed E-state index contributed by atoms with van der Waals surface area (Å²) in [5, 5.41) is 2.31. The number of hydrogen-bond donors (Lipinski definition) is 0. The molecule has 1 aliphatic carbocycles. The van der Waals surface area contributed by atoms with Crippen LogP contribution in [0.2, 0.25) is 0 Å². The third-order valence-corrected chi connectivity index (χ3v) is 10.2. The largest absolute Gasteiger partial charge is 0.450 e. The first kappa shape index (κ1) is 29.3. The van der Waals surface area contributed by atoms with E-state index in [1.807, 2.05) is 60.7 Å². The van der Waals surface area contributed by atoms with Crippen molar-refractivity contribution in [3.05, 3.63) is 163 Å². The molecule has 5 nitrogen and oxygen atoms in total. The average molecular weight is 658 g/mol. The Bertz CT molecular complexity index is 2680. The second-order valence-electron chi connectivity index (χ2n) is 13.7. The summed E-state index contributed by atoms with van der Waals surface area (Å²) < 4.78 is 13.0. The molecule has 10 rings (SSSR count). The number of ether oxygens (including phenoxy) is 2. The van der Waals surface area contributed by atoms with Crippen molar-refractivity contribution >= 4 is 10.8 Å². The van der Waals surface area contributed by atoms with Crippen LogP contribution in [0.4, 0.5) is 0 Å². The maximum Gasteiger partial charge on any atom is 0.170 e. The van der Waals surface area contributed by atoms with Crippen LogP contribution < -0.4 is 9.47 Å². The Balaban J connectivity index is 1.02. The van der Waals surface area contributed by atoms with Crippen LogP contribution in [0.25, 0.3) is 67.2 Å². The SMILES string of the molecule is CC1(C)c2ccccc2-c2cc3c(cc21)Oc1ccc(-c2cccc(-c4nc(-c5ccccc5)nc(-c5ccc6ccccc6c5)n4)c2)cc1O3. The van der Waals surface area contributed by atoms with Crippen molar-refractivity contribution in [3.8, 4) is 79.4 Å². The van der Waals surface area contributed by atoms with Gasteiger partial charge in [-0.15, -0.1) is 0 Å². The maximum absolute atomic E-state index is 6.56. The molecule has 0 amide bonds. The summed E-state index contributed by atoms with van der Waals surface area (Å²) in [6.07, 6.45) is 0. The minimum absolute atomic E-state index is 0.115. The molecular formula is C46H31N3O2. The molecule has 0 saturated carbocycles. The topological polar surface area (TPSA) is 57.1 Å². The molecule has 0 saturated heterocycles. The van der Waals surface area contributed by atoms with E-state index in [2.05, 4.69) is 105 Å². The molecule has 0 atom stereocenters. The van der Waals surface area contributed by atoms with Gasteiger partial charge in [-0.25, -0.2) is 15.0 Å². The predicted molar refractivity (Wildman–Crippen MR) is 203 cm³/mol. The first-order valence-corrected chi connectivity index (χ1v) is 17.2. The second-order valence-corrected chi connectivity index (χ2v) is 13.7. The number of nitrogens with zero attached hydrogens (tertiary/aromatic N) is 3. The average Bonchev–Trinajstić information content (AvgIpc) is 3.41. The van der Waals surface area contributed by atoms with E-state index in [0.29, 0.717) is 29.0 Å². The van der Waals surface area contributed by atoms with E-state index < -0.39 is 0 Å². The van der Waals surface area contributed by atoms with Gasteiger partial charge in [0.1, 0.15) is 0 Å². The summed E-state index contributed by atoms with van der Waals surface area (Å²) >= 11 is 0. The fourth-order valence-corrected chi connectivity index (χ4v) is 7.47. The van der Waals surface area contributed by atoms with Crippen LogP contribution in [-0.2, 0) is 5.41 Å². The summed E-state index contributed by atoms with van der Waals surface area (Å²) in [4.78, 5) is 14.9. The number of rotatable bonds is 4. The van der Waals surface area contributed by atoms with Crippen LogP contribution in [0.1, 0.15) is 25.0 Å². The highest BCUT2D eigenvalue weighted by atomic mass is 16.6. The Hall–Kier alpha value is -6.59. The third kappa shape index (κ3) is 4.89. The summed E-state index contributed by atoms with van der Waals surface area (Å²) in [6, 6.07) is 52.0. The zero-order valence-corrected chi connectivity index (χ0v) is 28.1. The van der Waals surface area contributed by atoms with Gasteiger partial charge in [0.25, 0.3) is 0 Å². The summed E-state index contributed by atoms with van der Waals surface area (Å²) in [5.41, 5.74) is 9.69. The highest BCUT2D eigenvalue weighted by Gasteiger charge is 2.37. The highest BCUT2D eigenvalue weighted by molar-refractivity contribution is 5.87. The Morgan fingerprint density at radius 3 is 1.80 bits per heavy atom. The van der Waals surface area contributed by atoms with Crippen LogP contribution in [0.3, 0.4) is 0 Å². The number of fused-ring (bicyclic) bond motifs is 6. The van der Waals surface area contributed by atoms with E-state index in [4.69, 9.17) is 24.4 Å². The molecular weight excluding hydrogens is 627 g/mol. The van der Waals surface area contributed by atoms with Crippen LogP contribution >= 0.6 is 0 Å². The summed E-state index contributed by atoms with van der Waals surface area (Å²) in [5.74, 6) is 4.71. The van der Waals surface area contributed by atoms with Gasteiger partial charge in [0.2, 0.25) is 0 Å². The Labute approximate surface area is 295 Å². The molecule has 0 bridgehead atoms. The minimum atomic E-state index is -0.115. The Morgan fingerprint density at radius 1 is 0.373 bits per heavy atom. The van der Waals surface area contributed by atoms with E-state index in [9.17, 15) is 0 Å². The quantitative estimate of drug-likeness (QED) is 0.188. The van der Waals surface area contributed by atoms with Crippen molar-refractivity contribution in [2.45, 2.75) is 19.3 Å². The van der Waals surface area contributed by atoms with Crippen molar-refractivity contribution in [2.75, 3.05) is 0 Å². The molecule has 1 aromatic heterocycles. The summed E-state index contributed by atoms with van der Waals surface area (Å²) in [6.45, 7) is 4.54. The zero-order chi connectivity index (χ0) is 34.1. The molecule has 242 valence electrons. The van der Waals surface area contributed by atoms with Gasteiger partial charge >= 0.3 is 0 Å². The van der Waals surface area contributed by atoms with Crippen molar-refractivity contribution in [1.29, 1.82) is 0 Å². The summed E-state index contributed by atoms with van der Waals surface area (Å²) in [7, 11) is 0. The van der Waals surface area contributed by atoms with Gasteiger partial charge in [-0.3, -0.25) is 0 Å². The highest BCUT2D eigenvalue weighted by Crippen LogP contribution is 2.55. The number of aromatic nitrogens is 3. The van der Waals surface area contributed by atoms with Gasteiger partial charge in [0.15, 0.2) is 40.5 Å². The zero-order valence-electron chi connectivity index (χ0n) is 28.1. The van der Waals surface area contributed by atoms with E-state index >= 15 is 0 Å². The lowest BCUT2D eigenvalue weighted by Crippen LogP contribution is -2.15. The molecule has 0 spiro atoms. The van der Waals surface area contributed by atoms with Crippen molar-refractivity contribution in [2.24, 2.45) is 0 Å². The van der Waals surface area contributed by atoms with Gasteiger partial charge in [0.05, 0.1) is 0 Å². The molecule has 51 heavy (non-hydrogen) atoms. The predicted octanol–water partition coefficient (Wildman–Crippen LogP) is 11.9. The Morgan fingerprint density at radius 2 is 0.961 bits per heavy atom. The standard InChI is InChI=1S/C46H31N3O2/c1-46(2)37-18-9-8-17-35(37)36-26-41-42(27-38(36)46)50-39-22-21-32(25-40(39)51-41)31-15-10-16-33(24-31)44-47-43(29-12-4-3-5-13-29)48-45(49-44)34-20-19-28-11-6-7-14-30(28)23-34/h3-27H,1-2H3. The molecule has 0 radical (unpaired) electrons. The molecule has 2 heterocycles. The van der Waals surface area contributed by atoms with Gasteiger partial charge in [-0.2, -0.15) is 0 Å². The van der Waals surface area contributed by atoms with E-state index in [1.165, 1.54) is 27.6 Å². The lowest BCUT2D eigenvalue weighted by Gasteiger charge is -2.25. The Kier molecular flexibility index (Phi) is 6.46.